The van der Waals surface area contributed by atoms with Crippen molar-refractivity contribution >= 4 is 22.4 Å². The molecule has 23 heavy (non-hydrogen) atoms. The lowest BCUT2D eigenvalue weighted by atomic mass is 10.1. The van der Waals surface area contributed by atoms with E-state index in [0.29, 0.717) is 23.8 Å². The van der Waals surface area contributed by atoms with Gasteiger partial charge in [0.1, 0.15) is 11.6 Å². The Balaban J connectivity index is 1.80. The summed E-state index contributed by atoms with van der Waals surface area (Å²) in [6.45, 7) is 0.688. The van der Waals surface area contributed by atoms with E-state index < -0.39 is 11.6 Å². The van der Waals surface area contributed by atoms with Gasteiger partial charge < -0.3 is 10.1 Å². The van der Waals surface area contributed by atoms with E-state index in [4.69, 9.17) is 0 Å². The number of hydrogen-bond donors (Lipinski definition) is 1. The van der Waals surface area contributed by atoms with E-state index in [9.17, 15) is 13.6 Å². The van der Waals surface area contributed by atoms with E-state index in [0.717, 1.165) is 19.3 Å². The van der Waals surface area contributed by atoms with Gasteiger partial charge in [-0.15, -0.1) is 11.3 Å². The average molecular weight is 340 g/mol. The van der Waals surface area contributed by atoms with Gasteiger partial charge in [-0.3, -0.25) is 4.79 Å². The molecular weight excluding hydrogens is 322 g/mol. The number of esters is 1. The number of anilines is 1. The zero-order valence-electron chi connectivity index (χ0n) is 12.8. The molecule has 0 aliphatic carbocycles. The highest BCUT2D eigenvalue weighted by Crippen LogP contribution is 2.29. The second-order valence-electron chi connectivity index (χ2n) is 4.95. The number of rotatable bonds is 8. The number of aromatic nitrogens is 1. The smallest absolute Gasteiger partial charge is 0.305 e. The number of carbonyl (C=O) groups is 1. The highest BCUT2D eigenvalue weighted by molar-refractivity contribution is 7.14. The van der Waals surface area contributed by atoms with Crippen LogP contribution in [0.2, 0.25) is 0 Å². The van der Waals surface area contributed by atoms with Crippen LogP contribution < -0.4 is 5.32 Å². The SMILES string of the molecule is COC(=O)CCCCCNc1nc(-c2c(F)cccc2F)cs1. The van der Waals surface area contributed by atoms with E-state index in [-0.39, 0.29) is 11.5 Å². The maximum Gasteiger partial charge on any atom is 0.305 e. The van der Waals surface area contributed by atoms with Crippen molar-refractivity contribution in [3.63, 3.8) is 0 Å². The molecule has 0 saturated heterocycles. The molecule has 0 fully saturated rings. The lowest BCUT2D eigenvalue weighted by molar-refractivity contribution is -0.140. The number of nitrogens with zero attached hydrogens (tertiary/aromatic N) is 1. The van der Waals surface area contributed by atoms with Gasteiger partial charge in [0.2, 0.25) is 0 Å². The summed E-state index contributed by atoms with van der Waals surface area (Å²) in [5.41, 5.74) is 0.189. The van der Waals surface area contributed by atoms with Crippen molar-refractivity contribution in [2.45, 2.75) is 25.7 Å². The first-order valence-corrected chi connectivity index (χ1v) is 8.20. The molecule has 1 N–H and O–H groups in total. The minimum atomic E-state index is -0.621. The number of benzene rings is 1. The normalized spacial score (nSPS) is 10.6. The standard InChI is InChI=1S/C16H18F2N2O2S/c1-22-14(21)8-3-2-4-9-19-16-20-13(10-23-16)15-11(17)6-5-7-12(15)18/h5-7,10H,2-4,8-9H2,1H3,(H,19,20). The van der Waals surface area contributed by atoms with Gasteiger partial charge in [0.05, 0.1) is 18.4 Å². The van der Waals surface area contributed by atoms with E-state index in [1.165, 1.54) is 36.6 Å². The van der Waals surface area contributed by atoms with Gasteiger partial charge in [-0.05, 0) is 25.0 Å². The van der Waals surface area contributed by atoms with Crippen molar-refractivity contribution < 1.29 is 18.3 Å². The third kappa shape index (κ3) is 4.99. The number of nitrogens with one attached hydrogen (secondary N) is 1. The van der Waals surface area contributed by atoms with Crippen molar-refractivity contribution in [2.75, 3.05) is 19.0 Å². The van der Waals surface area contributed by atoms with Crippen LogP contribution in [0.25, 0.3) is 11.3 Å². The van der Waals surface area contributed by atoms with Crippen LogP contribution in [0.5, 0.6) is 0 Å². The van der Waals surface area contributed by atoms with Gasteiger partial charge in [0, 0.05) is 18.3 Å². The molecule has 0 bridgehead atoms. The zero-order valence-corrected chi connectivity index (χ0v) is 13.6. The molecule has 0 spiro atoms. The van der Waals surface area contributed by atoms with Crippen LogP contribution in [0.1, 0.15) is 25.7 Å². The topological polar surface area (TPSA) is 51.2 Å². The summed E-state index contributed by atoms with van der Waals surface area (Å²) in [4.78, 5) is 15.2. The van der Waals surface area contributed by atoms with Crippen LogP contribution >= 0.6 is 11.3 Å². The van der Waals surface area contributed by atoms with Gasteiger partial charge in [0.15, 0.2) is 5.13 Å². The predicted molar refractivity (Wildman–Crippen MR) is 86.4 cm³/mol. The Kier molecular flexibility index (Phi) is 6.46. The molecule has 1 heterocycles. The number of methoxy groups -OCH3 is 1. The second kappa shape index (κ2) is 8.57. The lowest BCUT2D eigenvalue weighted by Crippen LogP contribution is -2.03. The van der Waals surface area contributed by atoms with E-state index in [2.05, 4.69) is 15.0 Å². The van der Waals surface area contributed by atoms with Crippen LogP contribution in [0.3, 0.4) is 0 Å². The fourth-order valence-electron chi connectivity index (χ4n) is 2.08. The summed E-state index contributed by atoms with van der Waals surface area (Å²) in [5, 5.41) is 5.37. The predicted octanol–water partition coefficient (Wildman–Crippen LogP) is 4.23. The van der Waals surface area contributed by atoms with Gasteiger partial charge in [-0.25, -0.2) is 13.8 Å². The molecule has 0 saturated carbocycles. The Hall–Kier alpha value is -2.02. The van der Waals surface area contributed by atoms with E-state index in [1.54, 1.807) is 5.38 Å². The summed E-state index contributed by atoms with van der Waals surface area (Å²) < 4.78 is 32.0. The molecule has 0 atom stereocenters. The molecule has 0 aliphatic heterocycles. The number of unbranched alkanes of at least 4 members (excludes halogenated alkanes) is 2. The number of hydrogen-bond acceptors (Lipinski definition) is 5. The van der Waals surface area contributed by atoms with Crippen LogP contribution in [0, 0.1) is 11.6 Å². The summed E-state index contributed by atoms with van der Waals surface area (Å²) >= 11 is 1.30. The molecule has 7 heteroatoms. The lowest BCUT2D eigenvalue weighted by Gasteiger charge is -2.03. The highest BCUT2D eigenvalue weighted by atomic mass is 32.1. The maximum absolute atomic E-state index is 13.7. The zero-order chi connectivity index (χ0) is 16.7. The first-order valence-electron chi connectivity index (χ1n) is 7.32. The molecule has 0 radical (unpaired) electrons. The summed E-state index contributed by atoms with van der Waals surface area (Å²) in [5.74, 6) is -1.44. The van der Waals surface area contributed by atoms with Gasteiger partial charge in [-0.1, -0.05) is 12.5 Å². The second-order valence-corrected chi connectivity index (χ2v) is 5.81. The van der Waals surface area contributed by atoms with Crippen molar-refractivity contribution in [3.8, 4) is 11.3 Å². The van der Waals surface area contributed by atoms with Gasteiger partial charge >= 0.3 is 5.97 Å². The highest BCUT2D eigenvalue weighted by Gasteiger charge is 2.14. The molecule has 0 amide bonds. The average Bonchev–Trinajstić information content (AvgIpc) is 2.98. The molecule has 2 aromatic rings. The Morgan fingerprint density at radius 3 is 2.70 bits per heavy atom. The number of carbonyl (C=O) groups excluding carboxylic acids is 1. The van der Waals surface area contributed by atoms with Crippen molar-refractivity contribution in [2.24, 2.45) is 0 Å². The minimum Gasteiger partial charge on any atom is -0.469 e. The summed E-state index contributed by atoms with van der Waals surface area (Å²) in [6.07, 6.45) is 2.96. The largest absolute Gasteiger partial charge is 0.469 e. The van der Waals surface area contributed by atoms with Crippen molar-refractivity contribution in [1.29, 1.82) is 0 Å². The Morgan fingerprint density at radius 2 is 2.00 bits per heavy atom. The molecule has 0 unspecified atom stereocenters. The maximum atomic E-state index is 13.7. The molecule has 2 rings (SSSR count). The fourth-order valence-corrected chi connectivity index (χ4v) is 2.81. The van der Waals surface area contributed by atoms with Crippen LogP contribution in [0.4, 0.5) is 13.9 Å². The van der Waals surface area contributed by atoms with Crippen LogP contribution in [-0.2, 0) is 9.53 Å². The van der Waals surface area contributed by atoms with Gasteiger partial charge in [0.25, 0.3) is 0 Å². The summed E-state index contributed by atoms with van der Waals surface area (Å²) in [7, 11) is 1.38. The molecule has 1 aromatic carbocycles. The van der Waals surface area contributed by atoms with Crippen molar-refractivity contribution in [3.05, 3.63) is 35.2 Å². The first-order chi connectivity index (χ1) is 11.1. The monoisotopic (exact) mass is 340 g/mol. The third-order valence-electron chi connectivity index (χ3n) is 3.28. The van der Waals surface area contributed by atoms with Crippen LogP contribution in [-0.4, -0.2) is 24.6 Å². The fraction of sp³-hybridized carbons (Fsp3) is 0.375. The third-order valence-corrected chi connectivity index (χ3v) is 4.08. The Morgan fingerprint density at radius 1 is 1.26 bits per heavy atom. The molecule has 0 aliphatic rings. The number of ether oxygens (including phenoxy) is 1. The van der Waals surface area contributed by atoms with Crippen molar-refractivity contribution in [1.82, 2.24) is 4.98 Å². The first kappa shape index (κ1) is 17.3. The summed E-state index contributed by atoms with van der Waals surface area (Å²) in [6, 6.07) is 3.76. The number of halogens is 2. The van der Waals surface area contributed by atoms with Gasteiger partial charge in [-0.2, -0.15) is 0 Å². The molecule has 124 valence electrons. The van der Waals surface area contributed by atoms with E-state index >= 15 is 0 Å². The number of thiazole rings is 1. The Labute approximate surface area is 137 Å². The van der Waals surface area contributed by atoms with Crippen LogP contribution in [0.15, 0.2) is 23.6 Å². The minimum absolute atomic E-state index is 0.102. The molecular formula is C16H18F2N2O2S. The molecule has 4 nitrogen and oxygen atoms in total. The Bertz CT molecular complexity index is 641. The van der Waals surface area contributed by atoms with E-state index in [1.807, 2.05) is 0 Å². The molecule has 1 aromatic heterocycles. The quantitative estimate of drug-likeness (QED) is 0.577.